The summed E-state index contributed by atoms with van der Waals surface area (Å²) < 4.78 is 37.4. The minimum absolute atomic E-state index is 0.0692. The van der Waals surface area contributed by atoms with Crippen molar-refractivity contribution in [1.29, 1.82) is 5.41 Å². The first-order valence-corrected chi connectivity index (χ1v) is 9.04. The number of rotatable bonds is 9. The lowest BCUT2D eigenvalue weighted by Gasteiger charge is -2.26. The zero-order chi connectivity index (χ0) is 21.4. The average Bonchev–Trinajstić information content (AvgIpc) is 2.67. The Morgan fingerprint density at radius 1 is 1.28 bits per heavy atom. The highest BCUT2D eigenvalue weighted by molar-refractivity contribution is 6.18. The Labute approximate surface area is 167 Å². The summed E-state index contributed by atoms with van der Waals surface area (Å²) in [5, 5.41) is 10.6. The molecule has 0 bridgehead atoms. The zero-order valence-corrected chi connectivity index (χ0v) is 16.1. The second-order valence-electron chi connectivity index (χ2n) is 6.39. The number of ether oxygens (including phenoxy) is 2. The molecular weight excluding hydrogens is 386 g/mol. The summed E-state index contributed by atoms with van der Waals surface area (Å²) in [6.45, 7) is 4.43. The Bertz CT molecular complexity index is 787. The van der Waals surface area contributed by atoms with Gasteiger partial charge in [0.2, 0.25) is 5.78 Å². The van der Waals surface area contributed by atoms with Gasteiger partial charge in [-0.3, -0.25) is 9.69 Å². The molecule has 1 aliphatic heterocycles. The van der Waals surface area contributed by atoms with Crippen LogP contribution in [0.1, 0.15) is 17.3 Å². The number of hydrogen-bond donors (Lipinski definition) is 3. The van der Waals surface area contributed by atoms with Crippen LogP contribution in [0.25, 0.3) is 0 Å². The van der Waals surface area contributed by atoms with Crippen LogP contribution in [0.2, 0.25) is 0 Å². The number of hydrogen-bond acceptors (Lipinski definition) is 8. The van der Waals surface area contributed by atoms with Crippen molar-refractivity contribution in [3.05, 3.63) is 46.8 Å². The molecule has 0 saturated carbocycles. The van der Waals surface area contributed by atoms with Crippen LogP contribution in [0.3, 0.4) is 0 Å². The number of carbonyl (C=O) groups excluding carboxylic acids is 2. The van der Waals surface area contributed by atoms with Gasteiger partial charge in [0, 0.05) is 31.9 Å². The first kappa shape index (κ1) is 22.4. The molecular formula is C19H24F2N4O4. The summed E-state index contributed by atoms with van der Waals surface area (Å²) in [5.41, 5.74) is 4.68. The van der Waals surface area contributed by atoms with E-state index in [4.69, 9.17) is 20.6 Å². The Hall–Kier alpha value is -2.85. The molecule has 2 rings (SSSR count). The number of halogens is 2. The highest BCUT2D eigenvalue weighted by Gasteiger charge is 2.22. The largest absolute Gasteiger partial charge is 0.454 e. The van der Waals surface area contributed by atoms with E-state index in [0.29, 0.717) is 26.3 Å². The molecule has 0 aliphatic carbocycles. The van der Waals surface area contributed by atoms with E-state index in [-0.39, 0.29) is 17.1 Å². The van der Waals surface area contributed by atoms with E-state index >= 15 is 0 Å². The number of benzene rings is 1. The van der Waals surface area contributed by atoms with Crippen LogP contribution in [0.15, 0.2) is 29.6 Å². The summed E-state index contributed by atoms with van der Waals surface area (Å²) in [6, 6.07) is 2.99. The molecule has 4 N–H and O–H groups in total. The number of nitrogens with one attached hydrogen (secondary N) is 2. The molecule has 0 aromatic heterocycles. The number of Topliss-reactive ketones (excluding diaryl/α,β-unsaturated/α-hetero) is 1. The fourth-order valence-electron chi connectivity index (χ4n) is 2.77. The van der Waals surface area contributed by atoms with Crippen molar-refractivity contribution in [3.63, 3.8) is 0 Å². The number of carbonyl (C=O) groups is 2. The molecule has 1 saturated heterocycles. The first-order valence-electron chi connectivity index (χ1n) is 9.04. The van der Waals surface area contributed by atoms with Crippen LogP contribution in [0.4, 0.5) is 8.78 Å². The van der Waals surface area contributed by atoms with Crippen molar-refractivity contribution in [2.24, 2.45) is 5.73 Å². The Kier molecular flexibility index (Phi) is 8.22. The van der Waals surface area contributed by atoms with Gasteiger partial charge < -0.3 is 25.9 Å². The van der Waals surface area contributed by atoms with Crippen LogP contribution < -0.4 is 11.1 Å². The van der Waals surface area contributed by atoms with Crippen molar-refractivity contribution in [2.75, 3.05) is 46.0 Å². The lowest BCUT2D eigenvalue weighted by Crippen LogP contribution is -2.41. The standard InChI is InChI=1S/C19H24F2N4O4/c1-12(22)16(18(23)24-5-6-25-7-9-28-10-8-25)19(27)29-11-15(26)17-13(20)3-2-4-14(17)21/h2-4,22,24H,5-11,23H2,1H3/b18-16+,22-12?. The highest BCUT2D eigenvalue weighted by atomic mass is 19.1. The van der Waals surface area contributed by atoms with E-state index < -0.39 is 35.6 Å². The quantitative estimate of drug-likeness (QED) is 0.239. The van der Waals surface area contributed by atoms with Gasteiger partial charge in [-0.05, 0) is 19.1 Å². The van der Waals surface area contributed by atoms with Crippen LogP contribution in [0.5, 0.6) is 0 Å². The fraction of sp³-hybridized carbons (Fsp3) is 0.421. The molecule has 1 aromatic carbocycles. The van der Waals surface area contributed by atoms with Crippen molar-refractivity contribution in [3.8, 4) is 0 Å². The molecule has 29 heavy (non-hydrogen) atoms. The third-order valence-corrected chi connectivity index (χ3v) is 4.27. The van der Waals surface area contributed by atoms with Crippen LogP contribution in [0, 0.1) is 17.0 Å². The predicted octanol–water partition coefficient (Wildman–Crippen LogP) is 0.822. The number of morpholine rings is 1. The Morgan fingerprint density at radius 2 is 1.90 bits per heavy atom. The van der Waals surface area contributed by atoms with Crippen LogP contribution in [-0.4, -0.2) is 68.4 Å². The molecule has 0 unspecified atom stereocenters. The Balaban J connectivity index is 1.96. The van der Waals surface area contributed by atoms with Gasteiger partial charge >= 0.3 is 5.97 Å². The molecule has 1 aromatic rings. The van der Waals surface area contributed by atoms with Gasteiger partial charge in [0.05, 0.1) is 18.8 Å². The monoisotopic (exact) mass is 410 g/mol. The van der Waals surface area contributed by atoms with Crippen molar-refractivity contribution in [1.82, 2.24) is 10.2 Å². The highest BCUT2D eigenvalue weighted by Crippen LogP contribution is 2.13. The molecule has 0 spiro atoms. The maximum atomic E-state index is 13.6. The SMILES string of the molecule is CC(=N)/C(C(=O)OCC(=O)c1c(F)cccc1F)=C(/N)NCCN1CCOCC1. The van der Waals surface area contributed by atoms with E-state index in [1.807, 2.05) is 0 Å². The molecule has 1 fully saturated rings. The van der Waals surface area contributed by atoms with E-state index in [1.54, 1.807) is 0 Å². The maximum Gasteiger partial charge on any atom is 0.344 e. The summed E-state index contributed by atoms with van der Waals surface area (Å²) in [4.78, 5) is 26.5. The summed E-state index contributed by atoms with van der Waals surface area (Å²) in [6.07, 6.45) is 0. The maximum absolute atomic E-state index is 13.6. The van der Waals surface area contributed by atoms with Crippen LogP contribution >= 0.6 is 0 Å². The van der Waals surface area contributed by atoms with Crippen molar-refractivity contribution < 1.29 is 27.8 Å². The molecule has 0 amide bonds. The topological polar surface area (TPSA) is 118 Å². The van der Waals surface area contributed by atoms with Crippen molar-refractivity contribution in [2.45, 2.75) is 6.92 Å². The normalized spacial score (nSPS) is 15.4. The van der Waals surface area contributed by atoms with E-state index in [9.17, 15) is 18.4 Å². The second kappa shape index (κ2) is 10.6. The number of nitrogens with zero attached hydrogens (tertiary/aromatic N) is 1. The zero-order valence-electron chi connectivity index (χ0n) is 16.1. The van der Waals surface area contributed by atoms with Gasteiger partial charge in [0.1, 0.15) is 23.0 Å². The van der Waals surface area contributed by atoms with E-state index in [1.165, 1.54) is 6.92 Å². The van der Waals surface area contributed by atoms with E-state index in [2.05, 4.69) is 10.2 Å². The minimum atomic E-state index is -1.05. The van der Waals surface area contributed by atoms with Crippen molar-refractivity contribution >= 4 is 17.5 Å². The lowest BCUT2D eigenvalue weighted by molar-refractivity contribution is -0.137. The third kappa shape index (κ3) is 6.33. The van der Waals surface area contributed by atoms with Gasteiger partial charge in [0.15, 0.2) is 6.61 Å². The number of ketones is 1. The lowest BCUT2D eigenvalue weighted by atomic mass is 10.1. The molecule has 10 heteroatoms. The first-order chi connectivity index (χ1) is 13.8. The molecule has 0 radical (unpaired) electrons. The van der Waals surface area contributed by atoms with Gasteiger partial charge in [0.25, 0.3) is 0 Å². The fourth-order valence-corrected chi connectivity index (χ4v) is 2.77. The molecule has 1 aliphatic rings. The van der Waals surface area contributed by atoms with Gasteiger partial charge in [-0.15, -0.1) is 0 Å². The minimum Gasteiger partial charge on any atom is -0.454 e. The molecule has 158 valence electrons. The molecule has 0 atom stereocenters. The molecule has 8 nitrogen and oxygen atoms in total. The van der Waals surface area contributed by atoms with Gasteiger partial charge in [-0.2, -0.15) is 0 Å². The smallest absolute Gasteiger partial charge is 0.344 e. The van der Waals surface area contributed by atoms with E-state index in [0.717, 1.165) is 31.3 Å². The molecule has 1 heterocycles. The van der Waals surface area contributed by atoms with Gasteiger partial charge in [-0.1, -0.05) is 6.07 Å². The second-order valence-corrected chi connectivity index (χ2v) is 6.39. The summed E-state index contributed by atoms with van der Waals surface area (Å²) in [7, 11) is 0. The summed E-state index contributed by atoms with van der Waals surface area (Å²) >= 11 is 0. The average molecular weight is 410 g/mol. The number of esters is 1. The number of nitrogens with two attached hydrogens (primary N) is 1. The Morgan fingerprint density at radius 3 is 2.48 bits per heavy atom. The predicted molar refractivity (Wildman–Crippen MR) is 102 cm³/mol. The van der Waals surface area contributed by atoms with Gasteiger partial charge in [-0.25, -0.2) is 13.6 Å². The van der Waals surface area contributed by atoms with Crippen LogP contribution in [-0.2, 0) is 14.3 Å². The summed E-state index contributed by atoms with van der Waals surface area (Å²) in [5.74, 6) is -4.22. The third-order valence-electron chi connectivity index (χ3n) is 4.27.